The van der Waals surface area contributed by atoms with Crippen molar-refractivity contribution in [3.05, 3.63) is 66.0 Å². The molecular weight excluding hydrogens is 319 g/mol. The van der Waals surface area contributed by atoms with Crippen LogP contribution in [0.25, 0.3) is 0 Å². The topological polar surface area (TPSA) is 61.4 Å². The molecule has 0 aliphatic carbocycles. The molecule has 3 atom stereocenters. The maximum absolute atomic E-state index is 13.1. The van der Waals surface area contributed by atoms with Crippen LogP contribution in [0.4, 0.5) is 10.1 Å². The van der Waals surface area contributed by atoms with Crippen molar-refractivity contribution in [2.24, 2.45) is 0 Å². The first-order valence-electron chi connectivity index (χ1n) is 8.47. The number of amides is 1. The smallest absolute Gasteiger partial charge is 0.225 e. The number of carbonyl (C=O) groups excluding carboxylic acids is 1. The number of nitrogens with one attached hydrogen (secondary N) is 2. The van der Waals surface area contributed by atoms with E-state index >= 15 is 0 Å². The first kappa shape index (κ1) is 19.1. The number of halogens is 1. The lowest BCUT2D eigenvalue weighted by Crippen LogP contribution is -2.44. The molecule has 0 heterocycles. The van der Waals surface area contributed by atoms with Crippen molar-refractivity contribution in [3.8, 4) is 0 Å². The van der Waals surface area contributed by atoms with Gasteiger partial charge in [-0.25, -0.2) is 4.39 Å². The van der Waals surface area contributed by atoms with Gasteiger partial charge in [0.15, 0.2) is 0 Å². The lowest BCUT2D eigenvalue weighted by Gasteiger charge is -2.24. The molecule has 5 heteroatoms. The Morgan fingerprint density at radius 1 is 1.12 bits per heavy atom. The Morgan fingerprint density at radius 2 is 1.84 bits per heavy atom. The van der Waals surface area contributed by atoms with Crippen LogP contribution in [0.5, 0.6) is 0 Å². The van der Waals surface area contributed by atoms with Crippen LogP contribution in [0.15, 0.2) is 54.6 Å². The van der Waals surface area contributed by atoms with Crippen LogP contribution in [0.3, 0.4) is 0 Å². The number of benzene rings is 2. The molecule has 4 nitrogen and oxygen atoms in total. The Labute approximate surface area is 148 Å². The largest absolute Gasteiger partial charge is 0.391 e. The highest BCUT2D eigenvalue weighted by atomic mass is 19.1. The zero-order valence-corrected chi connectivity index (χ0v) is 14.6. The number of hydrogen-bond acceptors (Lipinski definition) is 3. The minimum absolute atomic E-state index is 0.117. The van der Waals surface area contributed by atoms with E-state index in [0.29, 0.717) is 12.1 Å². The van der Waals surface area contributed by atoms with Crippen molar-refractivity contribution in [2.45, 2.75) is 44.9 Å². The third-order valence-electron chi connectivity index (χ3n) is 4.01. The molecule has 2 aromatic rings. The van der Waals surface area contributed by atoms with E-state index in [1.807, 2.05) is 44.2 Å². The van der Waals surface area contributed by atoms with Gasteiger partial charge in [-0.3, -0.25) is 4.79 Å². The summed E-state index contributed by atoms with van der Waals surface area (Å²) in [5, 5.41) is 16.2. The molecule has 25 heavy (non-hydrogen) atoms. The van der Waals surface area contributed by atoms with E-state index in [4.69, 9.17) is 0 Å². The van der Waals surface area contributed by atoms with Gasteiger partial charge in [0.1, 0.15) is 5.82 Å². The Kier molecular flexibility index (Phi) is 7.10. The summed E-state index contributed by atoms with van der Waals surface area (Å²) in [5.74, 6) is -0.586. The molecule has 0 fully saturated rings. The number of carbonyl (C=O) groups is 1. The van der Waals surface area contributed by atoms with E-state index in [1.54, 1.807) is 12.1 Å². The Bertz CT molecular complexity index is 678. The summed E-state index contributed by atoms with van der Waals surface area (Å²) >= 11 is 0. The molecule has 2 rings (SSSR count). The van der Waals surface area contributed by atoms with Crippen molar-refractivity contribution >= 4 is 11.6 Å². The summed E-state index contributed by atoms with van der Waals surface area (Å²) in [7, 11) is 0. The van der Waals surface area contributed by atoms with Gasteiger partial charge in [0.05, 0.1) is 6.10 Å². The van der Waals surface area contributed by atoms with Crippen molar-refractivity contribution in [3.63, 3.8) is 0 Å². The lowest BCUT2D eigenvalue weighted by molar-refractivity contribution is -0.116. The number of rotatable bonds is 8. The molecule has 0 spiro atoms. The predicted octanol–water partition coefficient (Wildman–Crippen LogP) is 3.12. The second kappa shape index (κ2) is 9.30. The first-order valence-corrected chi connectivity index (χ1v) is 8.47. The van der Waals surface area contributed by atoms with Crippen molar-refractivity contribution in [1.29, 1.82) is 0 Å². The van der Waals surface area contributed by atoms with E-state index in [1.165, 1.54) is 12.1 Å². The molecule has 0 saturated heterocycles. The normalized spacial score (nSPS) is 14.6. The van der Waals surface area contributed by atoms with Gasteiger partial charge in [-0.2, -0.15) is 0 Å². The fourth-order valence-corrected chi connectivity index (χ4v) is 2.71. The average Bonchev–Trinajstić information content (AvgIpc) is 2.55. The molecule has 2 aromatic carbocycles. The molecule has 3 unspecified atom stereocenters. The van der Waals surface area contributed by atoms with Gasteiger partial charge in [0.25, 0.3) is 0 Å². The summed E-state index contributed by atoms with van der Waals surface area (Å²) in [6.45, 7) is 3.78. The summed E-state index contributed by atoms with van der Waals surface area (Å²) < 4.78 is 13.1. The average molecular weight is 344 g/mol. The molecular formula is C20H25FN2O2. The number of aliphatic hydroxyl groups excluding tert-OH is 1. The Balaban J connectivity index is 1.78. The zero-order valence-electron chi connectivity index (χ0n) is 14.6. The fourth-order valence-electron chi connectivity index (χ4n) is 2.71. The summed E-state index contributed by atoms with van der Waals surface area (Å²) in [4.78, 5) is 12.0. The second-order valence-electron chi connectivity index (χ2n) is 6.38. The van der Waals surface area contributed by atoms with Crippen LogP contribution >= 0.6 is 0 Å². The molecule has 0 saturated carbocycles. The van der Waals surface area contributed by atoms with Crippen molar-refractivity contribution < 1.29 is 14.3 Å². The van der Waals surface area contributed by atoms with Crippen LogP contribution in [0, 0.1) is 5.82 Å². The molecule has 0 bridgehead atoms. The number of hydrogen-bond donors (Lipinski definition) is 3. The molecule has 0 aliphatic heterocycles. The van der Waals surface area contributed by atoms with Crippen molar-refractivity contribution in [2.75, 3.05) is 5.32 Å². The Hall–Kier alpha value is -2.24. The van der Waals surface area contributed by atoms with Crippen LogP contribution < -0.4 is 10.6 Å². The molecule has 0 aromatic heterocycles. The molecule has 0 aliphatic rings. The van der Waals surface area contributed by atoms with Gasteiger partial charge in [0.2, 0.25) is 5.91 Å². The SMILES string of the molecule is CC(CC(=O)Nc1cccc(F)c1)NC(C)C(O)Cc1ccccc1. The first-order chi connectivity index (χ1) is 11.9. The molecule has 3 N–H and O–H groups in total. The molecule has 0 radical (unpaired) electrons. The monoisotopic (exact) mass is 344 g/mol. The highest BCUT2D eigenvalue weighted by molar-refractivity contribution is 5.91. The maximum atomic E-state index is 13.1. The van der Waals surface area contributed by atoms with Gasteiger partial charge in [-0.05, 0) is 44.0 Å². The van der Waals surface area contributed by atoms with Gasteiger partial charge < -0.3 is 15.7 Å². The minimum atomic E-state index is -0.545. The van der Waals surface area contributed by atoms with Crippen LogP contribution in [-0.2, 0) is 11.2 Å². The third-order valence-corrected chi connectivity index (χ3v) is 4.01. The van der Waals surface area contributed by atoms with E-state index < -0.39 is 6.10 Å². The number of aliphatic hydroxyl groups is 1. The Morgan fingerprint density at radius 3 is 2.52 bits per heavy atom. The zero-order chi connectivity index (χ0) is 18.2. The van der Waals surface area contributed by atoms with Gasteiger partial charge in [-0.15, -0.1) is 0 Å². The van der Waals surface area contributed by atoms with E-state index in [-0.39, 0.29) is 30.2 Å². The second-order valence-corrected chi connectivity index (χ2v) is 6.38. The predicted molar refractivity (Wildman–Crippen MR) is 97.9 cm³/mol. The van der Waals surface area contributed by atoms with Crippen LogP contribution in [0.2, 0.25) is 0 Å². The summed E-state index contributed by atoms with van der Waals surface area (Å²) in [6, 6.07) is 15.3. The van der Waals surface area contributed by atoms with Gasteiger partial charge >= 0.3 is 0 Å². The summed E-state index contributed by atoms with van der Waals surface area (Å²) in [5.41, 5.74) is 1.51. The fraction of sp³-hybridized carbons (Fsp3) is 0.350. The highest BCUT2D eigenvalue weighted by Gasteiger charge is 2.18. The third kappa shape index (κ3) is 6.64. The van der Waals surface area contributed by atoms with E-state index in [9.17, 15) is 14.3 Å². The molecule has 134 valence electrons. The maximum Gasteiger partial charge on any atom is 0.225 e. The van der Waals surface area contributed by atoms with Gasteiger partial charge in [-0.1, -0.05) is 36.4 Å². The number of anilines is 1. The van der Waals surface area contributed by atoms with Crippen LogP contribution in [-0.4, -0.2) is 29.2 Å². The quantitative estimate of drug-likeness (QED) is 0.689. The lowest BCUT2D eigenvalue weighted by atomic mass is 10.0. The molecule has 1 amide bonds. The van der Waals surface area contributed by atoms with Crippen molar-refractivity contribution in [1.82, 2.24) is 5.32 Å². The highest BCUT2D eigenvalue weighted by Crippen LogP contribution is 2.11. The van der Waals surface area contributed by atoms with Crippen LogP contribution in [0.1, 0.15) is 25.8 Å². The van der Waals surface area contributed by atoms with E-state index in [0.717, 1.165) is 5.56 Å². The van der Waals surface area contributed by atoms with E-state index in [2.05, 4.69) is 10.6 Å². The summed E-state index contributed by atoms with van der Waals surface area (Å²) in [6.07, 6.45) is 0.243. The minimum Gasteiger partial charge on any atom is -0.391 e. The standard InChI is InChI=1S/C20H25FN2O2/c1-14(11-20(25)23-18-10-6-9-17(21)13-18)22-15(2)19(24)12-16-7-4-3-5-8-16/h3-10,13-15,19,22,24H,11-12H2,1-2H3,(H,23,25). The van der Waals surface area contributed by atoms with Gasteiger partial charge in [0, 0.05) is 24.2 Å².